The molecule has 0 radical (unpaired) electrons. The minimum absolute atomic E-state index is 0.635. The van der Waals surface area contributed by atoms with Crippen LogP contribution in [0.3, 0.4) is 0 Å². The van der Waals surface area contributed by atoms with Crippen LogP contribution in [-0.4, -0.2) is 25.0 Å². The lowest BCUT2D eigenvalue weighted by Crippen LogP contribution is -2.30. The van der Waals surface area contributed by atoms with Gasteiger partial charge in [-0.2, -0.15) is 0 Å². The Hall–Kier alpha value is 0.1000. The van der Waals surface area contributed by atoms with Gasteiger partial charge in [-0.05, 0) is 53.5 Å². The van der Waals surface area contributed by atoms with Crippen molar-refractivity contribution < 1.29 is 0 Å². The molecule has 14 heavy (non-hydrogen) atoms. The number of likely N-dealkylation sites (N-methyl/N-ethyl adjacent to an activating group) is 1. The van der Waals surface area contributed by atoms with Crippen LogP contribution in [0.25, 0.3) is 0 Å². The van der Waals surface area contributed by atoms with Crippen molar-refractivity contribution >= 4 is 27.3 Å². The van der Waals surface area contributed by atoms with Crippen LogP contribution in [0.2, 0.25) is 0 Å². The molecule has 1 unspecified atom stereocenters. The minimum Gasteiger partial charge on any atom is -0.330 e. The predicted molar refractivity (Wildman–Crippen MR) is 64.8 cm³/mol. The first-order chi connectivity index (χ1) is 6.70. The Morgan fingerprint density at radius 2 is 2.50 bits per heavy atom. The molecule has 1 aromatic rings. The molecule has 0 amide bonds. The fourth-order valence-electron chi connectivity index (χ4n) is 2.11. The molecule has 2 nitrogen and oxygen atoms in total. The normalized spacial score (nSPS) is 22.4. The van der Waals surface area contributed by atoms with Gasteiger partial charge >= 0.3 is 0 Å². The lowest BCUT2D eigenvalue weighted by Gasteiger charge is -2.29. The Balaban J connectivity index is 2.28. The monoisotopic (exact) mass is 274 g/mol. The molecule has 2 heterocycles. The third-order valence-electron chi connectivity index (χ3n) is 2.71. The van der Waals surface area contributed by atoms with E-state index >= 15 is 0 Å². The molecular formula is C10H15BrN2S. The van der Waals surface area contributed by atoms with E-state index in [-0.39, 0.29) is 0 Å². The molecule has 78 valence electrons. The van der Waals surface area contributed by atoms with Gasteiger partial charge in [0.1, 0.15) is 0 Å². The van der Waals surface area contributed by atoms with Crippen LogP contribution in [0, 0.1) is 0 Å². The van der Waals surface area contributed by atoms with Crippen LogP contribution >= 0.6 is 27.3 Å². The van der Waals surface area contributed by atoms with Crippen molar-refractivity contribution in [3.8, 4) is 0 Å². The minimum atomic E-state index is 0.635. The van der Waals surface area contributed by atoms with Crippen LogP contribution in [-0.2, 0) is 6.54 Å². The third-order valence-corrected chi connectivity index (χ3v) is 4.35. The maximum Gasteiger partial charge on any atom is 0.0704 e. The standard InChI is InChI=1S/C10H15BrN2S/c1-13-5-7(2-3-12)8-4-10(11)14-9(8)6-13/h4,7H,2-3,5-6,12H2,1H3. The van der Waals surface area contributed by atoms with Crippen molar-refractivity contribution in [2.45, 2.75) is 18.9 Å². The van der Waals surface area contributed by atoms with Crippen LogP contribution in [0.5, 0.6) is 0 Å². The first-order valence-corrected chi connectivity index (χ1v) is 6.48. The van der Waals surface area contributed by atoms with Crippen LogP contribution in [0.15, 0.2) is 9.85 Å². The largest absolute Gasteiger partial charge is 0.330 e. The highest BCUT2D eigenvalue weighted by molar-refractivity contribution is 9.11. The van der Waals surface area contributed by atoms with E-state index in [1.165, 1.54) is 14.2 Å². The molecule has 0 saturated carbocycles. The van der Waals surface area contributed by atoms with Crippen LogP contribution in [0.4, 0.5) is 0 Å². The Morgan fingerprint density at radius 1 is 1.71 bits per heavy atom. The molecule has 4 heteroatoms. The molecule has 1 aromatic heterocycles. The maximum atomic E-state index is 5.64. The van der Waals surface area contributed by atoms with Crippen molar-refractivity contribution in [1.82, 2.24) is 4.90 Å². The fourth-order valence-corrected chi connectivity index (χ4v) is 3.99. The van der Waals surface area contributed by atoms with E-state index in [0.717, 1.165) is 26.1 Å². The quantitative estimate of drug-likeness (QED) is 0.898. The molecule has 0 bridgehead atoms. The summed E-state index contributed by atoms with van der Waals surface area (Å²) in [6.45, 7) is 3.02. The second-order valence-electron chi connectivity index (χ2n) is 3.90. The average molecular weight is 275 g/mol. The summed E-state index contributed by atoms with van der Waals surface area (Å²) >= 11 is 5.42. The van der Waals surface area contributed by atoms with E-state index in [2.05, 4.69) is 33.9 Å². The molecule has 2 N–H and O–H groups in total. The molecule has 0 aliphatic carbocycles. The topological polar surface area (TPSA) is 29.3 Å². The van der Waals surface area contributed by atoms with Gasteiger partial charge in [0.15, 0.2) is 0 Å². The zero-order valence-corrected chi connectivity index (χ0v) is 10.7. The van der Waals surface area contributed by atoms with E-state index in [9.17, 15) is 0 Å². The van der Waals surface area contributed by atoms with E-state index in [4.69, 9.17) is 5.73 Å². The SMILES string of the molecule is CN1Cc2sc(Br)cc2C(CCN)C1. The summed E-state index contributed by atoms with van der Waals surface area (Å²) < 4.78 is 1.25. The number of hydrogen-bond acceptors (Lipinski definition) is 3. The zero-order chi connectivity index (χ0) is 10.1. The summed E-state index contributed by atoms with van der Waals surface area (Å²) in [7, 11) is 2.18. The number of nitrogens with two attached hydrogens (primary N) is 1. The number of hydrogen-bond donors (Lipinski definition) is 1. The van der Waals surface area contributed by atoms with Gasteiger partial charge in [0.2, 0.25) is 0 Å². The van der Waals surface area contributed by atoms with E-state index in [1.54, 1.807) is 0 Å². The van der Waals surface area contributed by atoms with Crippen molar-refractivity contribution in [1.29, 1.82) is 0 Å². The average Bonchev–Trinajstić information content (AvgIpc) is 2.45. The Labute approximate surface area is 97.2 Å². The highest BCUT2D eigenvalue weighted by atomic mass is 79.9. The first kappa shape index (κ1) is 10.6. The highest BCUT2D eigenvalue weighted by Gasteiger charge is 2.24. The lowest BCUT2D eigenvalue weighted by molar-refractivity contribution is 0.280. The summed E-state index contributed by atoms with van der Waals surface area (Å²) in [5.41, 5.74) is 7.16. The Morgan fingerprint density at radius 3 is 3.21 bits per heavy atom. The molecule has 0 fully saturated rings. The molecule has 0 aromatic carbocycles. The molecule has 1 atom stereocenters. The number of fused-ring (bicyclic) bond motifs is 1. The fraction of sp³-hybridized carbons (Fsp3) is 0.600. The van der Waals surface area contributed by atoms with Crippen molar-refractivity contribution in [3.05, 3.63) is 20.3 Å². The highest BCUT2D eigenvalue weighted by Crippen LogP contribution is 2.37. The van der Waals surface area contributed by atoms with Gasteiger partial charge in [-0.3, -0.25) is 0 Å². The molecule has 1 aliphatic heterocycles. The summed E-state index contributed by atoms with van der Waals surface area (Å²) in [6.07, 6.45) is 1.10. The molecule has 0 spiro atoms. The number of thiophene rings is 1. The van der Waals surface area contributed by atoms with Gasteiger partial charge in [-0.25, -0.2) is 0 Å². The summed E-state index contributed by atoms with van der Waals surface area (Å²) in [5, 5.41) is 0. The van der Waals surface area contributed by atoms with Gasteiger partial charge in [0.25, 0.3) is 0 Å². The number of rotatable bonds is 2. The zero-order valence-electron chi connectivity index (χ0n) is 8.29. The molecule has 2 rings (SSSR count). The van der Waals surface area contributed by atoms with Crippen LogP contribution < -0.4 is 5.73 Å². The number of nitrogens with zero attached hydrogens (tertiary/aromatic N) is 1. The van der Waals surface area contributed by atoms with Crippen LogP contribution in [0.1, 0.15) is 22.8 Å². The summed E-state index contributed by atoms with van der Waals surface area (Å²) in [5.74, 6) is 0.635. The van der Waals surface area contributed by atoms with Crippen molar-refractivity contribution in [3.63, 3.8) is 0 Å². The number of halogens is 1. The Bertz CT molecular complexity index is 324. The van der Waals surface area contributed by atoms with Gasteiger partial charge in [-0.15, -0.1) is 11.3 Å². The summed E-state index contributed by atoms with van der Waals surface area (Å²) in [6, 6.07) is 2.27. The van der Waals surface area contributed by atoms with Crippen molar-refractivity contribution in [2.24, 2.45) is 5.73 Å². The second-order valence-corrected chi connectivity index (χ2v) is 6.42. The first-order valence-electron chi connectivity index (χ1n) is 4.87. The predicted octanol–water partition coefficient (Wildman–Crippen LogP) is 2.39. The third kappa shape index (κ3) is 2.03. The van der Waals surface area contributed by atoms with E-state index < -0.39 is 0 Å². The smallest absolute Gasteiger partial charge is 0.0704 e. The maximum absolute atomic E-state index is 5.64. The van der Waals surface area contributed by atoms with Gasteiger partial charge in [-0.1, -0.05) is 0 Å². The second kappa shape index (κ2) is 4.31. The molecule has 0 saturated heterocycles. The van der Waals surface area contributed by atoms with E-state index in [1.807, 2.05) is 11.3 Å². The van der Waals surface area contributed by atoms with E-state index in [0.29, 0.717) is 5.92 Å². The Kier molecular flexibility index (Phi) is 3.27. The van der Waals surface area contributed by atoms with Gasteiger partial charge < -0.3 is 10.6 Å². The van der Waals surface area contributed by atoms with Crippen molar-refractivity contribution in [2.75, 3.05) is 20.1 Å². The lowest BCUT2D eigenvalue weighted by atomic mass is 9.93. The molecular weight excluding hydrogens is 260 g/mol. The van der Waals surface area contributed by atoms with Gasteiger partial charge in [0, 0.05) is 18.0 Å². The van der Waals surface area contributed by atoms with Gasteiger partial charge in [0.05, 0.1) is 3.79 Å². The molecule has 1 aliphatic rings. The summed E-state index contributed by atoms with van der Waals surface area (Å²) in [4.78, 5) is 3.88.